The molecule has 0 aromatic heterocycles. The van der Waals surface area contributed by atoms with Gasteiger partial charge in [-0.15, -0.1) is 0 Å². The second kappa shape index (κ2) is 6.15. The van der Waals surface area contributed by atoms with Crippen LogP contribution in [0.2, 0.25) is 0 Å². The van der Waals surface area contributed by atoms with E-state index in [1.807, 2.05) is 4.90 Å². The summed E-state index contributed by atoms with van der Waals surface area (Å²) in [6.45, 7) is 3.43. The first-order valence-electron chi connectivity index (χ1n) is 6.78. The highest BCUT2D eigenvalue weighted by molar-refractivity contribution is 5.83. The normalized spacial score (nSPS) is 26.0. The minimum absolute atomic E-state index is 0.163. The molecule has 1 heterocycles. The molecule has 17 heavy (non-hydrogen) atoms. The van der Waals surface area contributed by atoms with Crippen LogP contribution in [0, 0.1) is 5.92 Å². The number of carbonyl (C=O) groups is 2. The van der Waals surface area contributed by atoms with Crippen LogP contribution in [0.5, 0.6) is 0 Å². The molecule has 96 valence electrons. The predicted octanol–water partition coefficient (Wildman–Crippen LogP) is 0.958. The van der Waals surface area contributed by atoms with E-state index in [1.54, 1.807) is 0 Å². The molecular formula is C13H22N2O2. The summed E-state index contributed by atoms with van der Waals surface area (Å²) >= 11 is 0. The Morgan fingerprint density at radius 2 is 2.06 bits per heavy atom. The number of ketones is 1. The van der Waals surface area contributed by atoms with Gasteiger partial charge in [-0.1, -0.05) is 6.42 Å². The van der Waals surface area contributed by atoms with Crippen molar-refractivity contribution in [2.24, 2.45) is 5.92 Å². The van der Waals surface area contributed by atoms with Crippen LogP contribution in [-0.2, 0) is 9.59 Å². The summed E-state index contributed by atoms with van der Waals surface area (Å²) in [6.07, 6.45) is 5.23. The molecule has 4 heteroatoms. The van der Waals surface area contributed by atoms with E-state index in [9.17, 15) is 9.59 Å². The molecule has 4 nitrogen and oxygen atoms in total. The van der Waals surface area contributed by atoms with Gasteiger partial charge in [0, 0.05) is 44.9 Å². The molecule has 2 aliphatic rings. The van der Waals surface area contributed by atoms with Gasteiger partial charge in [-0.05, 0) is 19.3 Å². The Labute approximate surface area is 103 Å². The molecule has 1 N–H and O–H groups in total. The van der Waals surface area contributed by atoms with E-state index in [0.29, 0.717) is 12.2 Å². The van der Waals surface area contributed by atoms with Gasteiger partial charge in [-0.3, -0.25) is 9.59 Å². The number of amides is 1. The van der Waals surface area contributed by atoms with E-state index in [2.05, 4.69) is 5.32 Å². The van der Waals surface area contributed by atoms with Gasteiger partial charge in [-0.2, -0.15) is 0 Å². The lowest BCUT2D eigenvalue weighted by Gasteiger charge is -2.28. The molecule has 0 aromatic carbocycles. The number of rotatable bonds is 3. The van der Waals surface area contributed by atoms with Crippen LogP contribution in [0.4, 0.5) is 0 Å². The highest BCUT2D eigenvalue weighted by Gasteiger charge is 2.24. The summed E-state index contributed by atoms with van der Waals surface area (Å²) in [5.41, 5.74) is 0. The number of Topliss-reactive ketones (excluding diaryl/α,β-unsaturated/α-hetero) is 1. The van der Waals surface area contributed by atoms with Crippen LogP contribution in [0.1, 0.15) is 38.5 Å². The van der Waals surface area contributed by atoms with Gasteiger partial charge < -0.3 is 10.2 Å². The first-order valence-corrected chi connectivity index (χ1v) is 6.78. The SMILES string of the molecule is O=C1CCCCC1CCC(=O)N1CCNCC1. The Kier molecular flexibility index (Phi) is 4.54. The second-order valence-corrected chi connectivity index (χ2v) is 5.08. The van der Waals surface area contributed by atoms with Crippen molar-refractivity contribution in [1.82, 2.24) is 10.2 Å². The fourth-order valence-corrected chi connectivity index (χ4v) is 2.73. The fourth-order valence-electron chi connectivity index (χ4n) is 2.73. The molecule has 0 spiro atoms. The third-order valence-corrected chi connectivity index (χ3v) is 3.86. The quantitative estimate of drug-likeness (QED) is 0.796. The Morgan fingerprint density at radius 1 is 1.29 bits per heavy atom. The molecule has 1 amide bonds. The molecule has 0 aromatic rings. The Hall–Kier alpha value is -0.900. The zero-order valence-electron chi connectivity index (χ0n) is 10.4. The van der Waals surface area contributed by atoms with Crippen LogP contribution in [0.3, 0.4) is 0 Å². The Bertz CT molecular complexity index is 285. The Balaban J connectivity index is 1.73. The minimum Gasteiger partial charge on any atom is -0.340 e. The number of nitrogens with one attached hydrogen (secondary N) is 1. The van der Waals surface area contributed by atoms with Crippen LogP contribution < -0.4 is 5.32 Å². The molecule has 2 fully saturated rings. The molecule has 1 atom stereocenters. The van der Waals surface area contributed by atoms with Gasteiger partial charge >= 0.3 is 0 Å². The highest BCUT2D eigenvalue weighted by atomic mass is 16.2. The van der Waals surface area contributed by atoms with Crippen molar-refractivity contribution in [3.63, 3.8) is 0 Å². The van der Waals surface area contributed by atoms with Crippen molar-refractivity contribution in [2.45, 2.75) is 38.5 Å². The number of carbonyl (C=O) groups excluding carboxylic acids is 2. The fraction of sp³-hybridized carbons (Fsp3) is 0.846. The minimum atomic E-state index is 0.163. The molecule has 2 rings (SSSR count). The number of hydrogen-bond acceptors (Lipinski definition) is 3. The van der Waals surface area contributed by atoms with Gasteiger partial charge in [0.25, 0.3) is 0 Å². The van der Waals surface area contributed by atoms with E-state index in [4.69, 9.17) is 0 Å². The standard InChI is InChI=1S/C13H22N2O2/c16-12-4-2-1-3-11(12)5-6-13(17)15-9-7-14-8-10-15/h11,14H,1-10H2. The zero-order valence-corrected chi connectivity index (χ0v) is 10.4. The monoisotopic (exact) mass is 238 g/mol. The van der Waals surface area contributed by atoms with Crippen molar-refractivity contribution >= 4 is 11.7 Å². The van der Waals surface area contributed by atoms with Crippen LogP contribution in [0.25, 0.3) is 0 Å². The largest absolute Gasteiger partial charge is 0.340 e. The molecule has 1 aliphatic heterocycles. The first-order chi connectivity index (χ1) is 8.27. The van der Waals surface area contributed by atoms with E-state index >= 15 is 0 Å². The number of hydrogen-bond donors (Lipinski definition) is 1. The Morgan fingerprint density at radius 3 is 2.76 bits per heavy atom. The van der Waals surface area contributed by atoms with Crippen molar-refractivity contribution in [3.8, 4) is 0 Å². The van der Waals surface area contributed by atoms with Crippen LogP contribution in [-0.4, -0.2) is 42.8 Å². The molecule has 0 radical (unpaired) electrons. The lowest BCUT2D eigenvalue weighted by atomic mass is 9.85. The number of piperazine rings is 1. The van der Waals surface area contributed by atoms with E-state index in [0.717, 1.165) is 58.3 Å². The van der Waals surface area contributed by atoms with Gasteiger partial charge in [0.05, 0.1) is 0 Å². The summed E-state index contributed by atoms with van der Waals surface area (Å²) in [5.74, 6) is 0.768. The third-order valence-electron chi connectivity index (χ3n) is 3.86. The van der Waals surface area contributed by atoms with Gasteiger partial charge in [0.1, 0.15) is 5.78 Å². The molecule has 1 saturated heterocycles. The third kappa shape index (κ3) is 3.53. The summed E-state index contributed by atoms with van der Waals surface area (Å²) in [6, 6.07) is 0. The van der Waals surface area contributed by atoms with E-state index in [1.165, 1.54) is 0 Å². The van der Waals surface area contributed by atoms with Crippen LogP contribution >= 0.6 is 0 Å². The zero-order chi connectivity index (χ0) is 12.1. The lowest BCUT2D eigenvalue weighted by molar-refractivity contribution is -0.132. The number of nitrogens with zero attached hydrogens (tertiary/aromatic N) is 1. The van der Waals surface area contributed by atoms with Gasteiger partial charge in [-0.25, -0.2) is 0 Å². The molecule has 0 bridgehead atoms. The maximum Gasteiger partial charge on any atom is 0.222 e. The predicted molar refractivity (Wildman–Crippen MR) is 65.6 cm³/mol. The van der Waals surface area contributed by atoms with Crippen molar-refractivity contribution < 1.29 is 9.59 Å². The summed E-state index contributed by atoms with van der Waals surface area (Å²) in [5, 5.41) is 3.23. The van der Waals surface area contributed by atoms with Crippen molar-refractivity contribution in [2.75, 3.05) is 26.2 Å². The molecule has 1 unspecified atom stereocenters. The maximum atomic E-state index is 11.9. The topological polar surface area (TPSA) is 49.4 Å². The van der Waals surface area contributed by atoms with Crippen molar-refractivity contribution in [1.29, 1.82) is 0 Å². The maximum absolute atomic E-state index is 11.9. The lowest BCUT2D eigenvalue weighted by Crippen LogP contribution is -2.46. The van der Waals surface area contributed by atoms with E-state index < -0.39 is 0 Å². The van der Waals surface area contributed by atoms with E-state index in [-0.39, 0.29) is 11.8 Å². The molecule has 1 saturated carbocycles. The van der Waals surface area contributed by atoms with Gasteiger partial charge in [0.2, 0.25) is 5.91 Å². The van der Waals surface area contributed by atoms with Crippen molar-refractivity contribution in [3.05, 3.63) is 0 Å². The average Bonchev–Trinajstić information content (AvgIpc) is 2.38. The smallest absolute Gasteiger partial charge is 0.222 e. The molecular weight excluding hydrogens is 216 g/mol. The highest BCUT2D eigenvalue weighted by Crippen LogP contribution is 2.24. The summed E-state index contributed by atoms with van der Waals surface area (Å²) in [4.78, 5) is 25.5. The first kappa shape index (κ1) is 12.6. The summed E-state index contributed by atoms with van der Waals surface area (Å²) in [7, 11) is 0. The van der Waals surface area contributed by atoms with Gasteiger partial charge in [0.15, 0.2) is 0 Å². The average molecular weight is 238 g/mol. The molecule has 1 aliphatic carbocycles. The van der Waals surface area contributed by atoms with Crippen LogP contribution in [0.15, 0.2) is 0 Å². The second-order valence-electron chi connectivity index (χ2n) is 5.08. The summed E-state index contributed by atoms with van der Waals surface area (Å²) < 4.78 is 0.